The summed E-state index contributed by atoms with van der Waals surface area (Å²) in [5.74, 6) is 0.867. The van der Waals surface area contributed by atoms with Crippen LogP contribution in [0, 0.1) is 18.7 Å². The van der Waals surface area contributed by atoms with E-state index in [9.17, 15) is 4.39 Å². The van der Waals surface area contributed by atoms with Crippen LogP contribution >= 0.6 is 0 Å². The summed E-state index contributed by atoms with van der Waals surface area (Å²) in [6.07, 6.45) is 4.18. The van der Waals surface area contributed by atoms with Gasteiger partial charge in [-0.1, -0.05) is 12.1 Å². The topological polar surface area (TPSA) is 63.0 Å². The van der Waals surface area contributed by atoms with Gasteiger partial charge >= 0.3 is 0 Å². The first kappa shape index (κ1) is 17.7. The van der Waals surface area contributed by atoms with Crippen molar-refractivity contribution in [3.05, 3.63) is 54.0 Å². The second kappa shape index (κ2) is 7.53. The highest BCUT2D eigenvalue weighted by atomic mass is 19.1. The molecule has 2 heterocycles. The Balaban J connectivity index is 1.76. The molecular formula is C22H25FN4. The highest BCUT2D eigenvalue weighted by molar-refractivity contribution is 5.98. The SMILES string of the molecule is Cc1cccc(F)c1-c1cc(NC[C@H]2CCCNC2)c2cc(N)ncc2c1. The van der Waals surface area contributed by atoms with Crippen molar-refractivity contribution in [2.24, 2.45) is 5.92 Å². The summed E-state index contributed by atoms with van der Waals surface area (Å²) in [5, 5.41) is 9.01. The maximum absolute atomic E-state index is 14.5. The average Bonchev–Trinajstić information content (AvgIpc) is 2.67. The van der Waals surface area contributed by atoms with Crippen molar-refractivity contribution in [3.8, 4) is 11.1 Å². The number of halogens is 1. The molecule has 0 radical (unpaired) electrons. The van der Waals surface area contributed by atoms with Gasteiger partial charge in [-0.25, -0.2) is 9.37 Å². The van der Waals surface area contributed by atoms with Crippen molar-refractivity contribution >= 4 is 22.3 Å². The predicted molar refractivity (Wildman–Crippen MR) is 110 cm³/mol. The Morgan fingerprint density at radius 3 is 2.96 bits per heavy atom. The third-order valence-electron chi connectivity index (χ3n) is 5.35. The fraction of sp³-hybridized carbons (Fsp3) is 0.318. The van der Waals surface area contributed by atoms with Gasteiger partial charge in [-0.15, -0.1) is 0 Å². The molecule has 2 aromatic carbocycles. The molecule has 3 aromatic rings. The van der Waals surface area contributed by atoms with E-state index in [1.807, 2.05) is 31.2 Å². The van der Waals surface area contributed by atoms with Gasteiger partial charge in [-0.3, -0.25) is 0 Å². The summed E-state index contributed by atoms with van der Waals surface area (Å²) in [4.78, 5) is 4.22. The lowest BCUT2D eigenvalue weighted by atomic mass is 9.96. The Kier molecular flexibility index (Phi) is 4.94. The molecule has 4 N–H and O–H groups in total. The number of hydrogen-bond donors (Lipinski definition) is 3. The summed E-state index contributed by atoms with van der Waals surface area (Å²) < 4.78 is 14.5. The van der Waals surface area contributed by atoms with Crippen LogP contribution in [0.5, 0.6) is 0 Å². The number of rotatable bonds is 4. The van der Waals surface area contributed by atoms with E-state index in [4.69, 9.17) is 5.73 Å². The Labute approximate surface area is 159 Å². The third kappa shape index (κ3) is 3.74. The van der Waals surface area contributed by atoms with Crippen molar-refractivity contribution in [2.75, 3.05) is 30.7 Å². The van der Waals surface area contributed by atoms with Crippen molar-refractivity contribution in [1.29, 1.82) is 0 Å². The highest BCUT2D eigenvalue weighted by Crippen LogP contribution is 2.34. The van der Waals surface area contributed by atoms with Gasteiger partial charge in [0.05, 0.1) is 0 Å². The number of pyridine rings is 1. The van der Waals surface area contributed by atoms with Gasteiger partial charge < -0.3 is 16.4 Å². The number of nitrogen functional groups attached to an aromatic ring is 1. The number of aryl methyl sites for hydroxylation is 1. The summed E-state index contributed by atoms with van der Waals surface area (Å²) in [6.45, 7) is 4.94. The number of anilines is 2. The molecule has 1 aliphatic heterocycles. The smallest absolute Gasteiger partial charge is 0.131 e. The molecule has 0 spiro atoms. The van der Waals surface area contributed by atoms with Crippen LogP contribution in [-0.4, -0.2) is 24.6 Å². The number of nitrogens with two attached hydrogens (primary N) is 1. The lowest BCUT2D eigenvalue weighted by Crippen LogP contribution is -2.33. The second-order valence-electron chi connectivity index (χ2n) is 7.38. The number of aromatic nitrogens is 1. The number of nitrogens with zero attached hydrogens (tertiary/aromatic N) is 1. The van der Waals surface area contributed by atoms with E-state index in [-0.39, 0.29) is 5.82 Å². The Bertz CT molecular complexity index is 944. The minimum absolute atomic E-state index is 0.208. The highest BCUT2D eigenvalue weighted by Gasteiger charge is 2.15. The van der Waals surface area contributed by atoms with Crippen LogP contribution in [0.4, 0.5) is 15.9 Å². The van der Waals surface area contributed by atoms with Crippen molar-refractivity contribution in [1.82, 2.24) is 10.3 Å². The van der Waals surface area contributed by atoms with Crippen LogP contribution in [0.25, 0.3) is 21.9 Å². The molecule has 1 atom stereocenters. The molecule has 140 valence electrons. The van der Waals surface area contributed by atoms with Crippen LogP contribution < -0.4 is 16.4 Å². The molecule has 5 heteroatoms. The van der Waals surface area contributed by atoms with Crippen LogP contribution in [0.3, 0.4) is 0 Å². The van der Waals surface area contributed by atoms with E-state index in [1.54, 1.807) is 12.3 Å². The average molecular weight is 364 g/mol. The van der Waals surface area contributed by atoms with Gasteiger partial charge in [0, 0.05) is 34.8 Å². The molecule has 0 unspecified atom stereocenters. The van der Waals surface area contributed by atoms with Crippen LogP contribution in [-0.2, 0) is 0 Å². The first-order valence-electron chi connectivity index (χ1n) is 9.51. The number of nitrogens with one attached hydrogen (secondary N) is 2. The summed E-state index contributed by atoms with van der Waals surface area (Å²) >= 11 is 0. The van der Waals surface area contributed by atoms with Crippen LogP contribution in [0.1, 0.15) is 18.4 Å². The van der Waals surface area contributed by atoms with Crippen molar-refractivity contribution in [2.45, 2.75) is 19.8 Å². The molecule has 4 nitrogen and oxygen atoms in total. The summed E-state index contributed by atoms with van der Waals surface area (Å²) in [7, 11) is 0. The minimum atomic E-state index is -0.208. The fourth-order valence-corrected chi connectivity index (χ4v) is 3.91. The molecule has 0 aliphatic carbocycles. The first-order valence-corrected chi connectivity index (χ1v) is 9.51. The minimum Gasteiger partial charge on any atom is -0.384 e. The van der Waals surface area contributed by atoms with Crippen LogP contribution in [0.2, 0.25) is 0 Å². The lowest BCUT2D eigenvalue weighted by Gasteiger charge is -2.24. The van der Waals surface area contributed by atoms with Gasteiger partial charge in [0.25, 0.3) is 0 Å². The molecule has 1 fully saturated rings. The number of benzene rings is 2. The number of hydrogen-bond acceptors (Lipinski definition) is 4. The monoisotopic (exact) mass is 364 g/mol. The lowest BCUT2D eigenvalue weighted by molar-refractivity contribution is 0.393. The largest absolute Gasteiger partial charge is 0.384 e. The van der Waals surface area contributed by atoms with Gasteiger partial charge in [0.2, 0.25) is 0 Å². The molecule has 0 saturated carbocycles. The van der Waals surface area contributed by atoms with E-state index in [2.05, 4.69) is 15.6 Å². The third-order valence-corrected chi connectivity index (χ3v) is 5.35. The summed E-state index contributed by atoms with van der Waals surface area (Å²) in [5.41, 5.74) is 9.31. The Morgan fingerprint density at radius 2 is 2.19 bits per heavy atom. The van der Waals surface area contributed by atoms with Gasteiger partial charge in [0.15, 0.2) is 0 Å². The molecule has 0 amide bonds. The number of piperidine rings is 1. The van der Waals surface area contributed by atoms with Gasteiger partial charge in [-0.2, -0.15) is 0 Å². The summed E-state index contributed by atoms with van der Waals surface area (Å²) in [6, 6.07) is 11.1. The van der Waals surface area contributed by atoms with E-state index < -0.39 is 0 Å². The van der Waals surface area contributed by atoms with Crippen molar-refractivity contribution in [3.63, 3.8) is 0 Å². The predicted octanol–water partition coefficient (Wildman–Crippen LogP) is 4.34. The van der Waals surface area contributed by atoms with Crippen LogP contribution in [0.15, 0.2) is 42.6 Å². The Morgan fingerprint density at radius 1 is 1.30 bits per heavy atom. The maximum atomic E-state index is 14.5. The normalized spacial score (nSPS) is 17.2. The molecule has 27 heavy (non-hydrogen) atoms. The maximum Gasteiger partial charge on any atom is 0.131 e. The zero-order chi connectivity index (χ0) is 18.8. The van der Waals surface area contributed by atoms with E-state index in [0.29, 0.717) is 17.3 Å². The van der Waals surface area contributed by atoms with E-state index >= 15 is 0 Å². The molecule has 1 saturated heterocycles. The Hall–Kier alpha value is -2.66. The first-order chi connectivity index (χ1) is 13.1. The quantitative estimate of drug-likeness (QED) is 0.644. The van der Waals surface area contributed by atoms with Crippen molar-refractivity contribution < 1.29 is 4.39 Å². The molecular weight excluding hydrogens is 339 g/mol. The van der Waals surface area contributed by atoms with E-state index in [0.717, 1.165) is 47.2 Å². The molecule has 1 aliphatic rings. The molecule has 0 bridgehead atoms. The van der Waals surface area contributed by atoms with Gasteiger partial charge in [-0.05, 0) is 74.2 Å². The number of fused-ring (bicyclic) bond motifs is 1. The molecule has 4 rings (SSSR count). The van der Waals surface area contributed by atoms with Gasteiger partial charge in [0.1, 0.15) is 11.6 Å². The zero-order valence-electron chi connectivity index (χ0n) is 15.6. The standard InChI is InChI=1S/C22H25FN4/c1-14-4-2-6-19(23)22(14)16-8-17-13-27-21(24)10-18(17)20(9-16)26-12-15-5-3-7-25-11-15/h2,4,6,8-10,13,15,25-26H,3,5,7,11-12H2,1H3,(H2,24,27)/t15-/m0/s1. The van der Waals surface area contributed by atoms with E-state index in [1.165, 1.54) is 18.9 Å². The second-order valence-corrected chi connectivity index (χ2v) is 7.38. The fourth-order valence-electron chi connectivity index (χ4n) is 3.91. The zero-order valence-corrected chi connectivity index (χ0v) is 15.6. The molecule has 1 aromatic heterocycles.